The Morgan fingerprint density at radius 3 is 2.43 bits per heavy atom. The van der Waals surface area contributed by atoms with E-state index in [1.807, 2.05) is 0 Å². The van der Waals surface area contributed by atoms with Gasteiger partial charge in [0.15, 0.2) is 5.69 Å². The van der Waals surface area contributed by atoms with Crippen molar-refractivity contribution in [3.63, 3.8) is 0 Å². The second-order valence-electron chi connectivity index (χ2n) is 4.31. The first-order valence-corrected chi connectivity index (χ1v) is 5.95. The molecule has 0 saturated carbocycles. The van der Waals surface area contributed by atoms with Gasteiger partial charge in [-0.2, -0.15) is 18.3 Å². The highest BCUT2D eigenvalue weighted by Crippen LogP contribution is 2.27. The number of rotatable bonds is 4. The molecule has 2 rings (SSSR count). The number of alkyl halides is 3. The SMILES string of the molecule is O=C(O)C=Cc1ccc(Cn2ccc(C(F)(F)F)n2)cc1. The summed E-state index contributed by atoms with van der Waals surface area (Å²) < 4.78 is 38.4. The fraction of sp³-hybridized carbons (Fsp3) is 0.143. The van der Waals surface area contributed by atoms with Crippen LogP contribution in [-0.2, 0) is 17.5 Å². The molecule has 0 fully saturated rings. The predicted molar refractivity (Wildman–Crippen MR) is 69.4 cm³/mol. The third kappa shape index (κ3) is 4.20. The fourth-order valence-electron chi connectivity index (χ4n) is 1.69. The van der Waals surface area contributed by atoms with Crippen LogP contribution in [0.1, 0.15) is 16.8 Å². The van der Waals surface area contributed by atoms with Crippen LogP contribution in [0.3, 0.4) is 0 Å². The summed E-state index contributed by atoms with van der Waals surface area (Å²) in [4.78, 5) is 10.4. The van der Waals surface area contributed by atoms with Gasteiger partial charge in [-0.3, -0.25) is 4.68 Å². The highest BCUT2D eigenvalue weighted by Gasteiger charge is 2.33. The molecule has 0 amide bonds. The van der Waals surface area contributed by atoms with Crippen LogP contribution in [0.4, 0.5) is 13.2 Å². The molecular formula is C14H11F3N2O2. The third-order valence-electron chi connectivity index (χ3n) is 2.67. The summed E-state index contributed by atoms with van der Waals surface area (Å²) in [6.07, 6.45) is -0.738. The molecule has 0 aliphatic heterocycles. The highest BCUT2D eigenvalue weighted by atomic mass is 19.4. The van der Waals surface area contributed by atoms with E-state index in [1.165, 1.54) is 17.0 Å². The minimum atomic E-state index is -4.45. The lowest BCUT2D eigenvalue weighted by Gasteiger charge is -2.04. The molecule has 0 radical (unpaired) electrons. The van der Waals surface area contributed by atoms with Crippen molar-refractivity contribution in [1.29, 1.82) is 0 Å². The second-order valence-corrected chi connectivity index (χ2v) is 4.31. The lowest BCUT2D eigenvalue weighted by atomic mass is 10.1. The van der Waals surface area contributed by atoms with Gasteiger partial charge >= 0.3 is 12.1 Å². The number of carbonyl (C=O) groups is 1. The van der Waals surface area contributed by atoms with Crippen LogP contribution in [0.5, 0.6) is 0 Å². The van der Waals surface area contributed by atoms with Crippen LogP contribution in [0.15, 0.2) is 42.6 Å². The Hall–Kier alpha value is -2.57. The maximum absolute atomic E-state index is 12.4. The number of aromatic nitrogens is 2. The molecular weight excluding hydrogens is 285 g/mol. The van der Waals surface area contributed by atoms with Crippen LogP contribution in [-0.4, -0.2) is 20.9 Å². The molecule has 1 heterocycles. The summed E-state index contributed by atoms with van der Waals surface area (Å²) in [5.74, 6) is -1.05. The summed E-state index contributed by atoms with van der Waals surface area (Å²) in [6.45, 7) is 0.207. The highest BCUT2D eigenvalue weighted by molar-refractivity contribution is 5.85. The fourth-order valence-corrected chi connectivity index (χ4v) is 1.69. The van der Waals surface area contributed by atoms with Crippen molar-refractivity contribution in [2.24, 2.45) is 0 Å². The van der Waals surface area contributed by atoms with Crippen LogP contribution in [0, 0.1) is 0 Å². The van der Waals surface area contributed by atoms with E-state index >= 15 is 0 Å². The Kier molecular flexibility index (Phi) is 4.11. The van der Waals surface area contributed by atoms with Gasteiger partial charge in [0.1, 0.15) is 0 Å². The average Bonchev–Trinajstić information content (AvgIpc) is 2.86. The number of carboxylic acid groups (broad SMARTS) is 1. The number of benzene rings is 1. The summed E-state index contributed by atoms with van der Waals surface area (Å²) in [6, 6.07) is 7.70. The zero-order valence-corrected chi connectivity index (χ0v) is 10.7. The minimum absolute atomic E-state index is 0.207. The molecule has 0 bridgehead atoms. The Bertz CT molecular complexity index is 658. The molecule has 0 spiro atoms. The number of carboxylic acids is 1. The quantitative estimate of drug-likeness (QED) is 0.882. The van der Waals surface area contributed by atoms with Gasteiger partial charge < -0.3 is 5.11 Å². The summed E-state index contributed by atoms with van der Waals surface area (Å²) in [7, 11) is 0. The van der Waals surface area contributed by atoms with E-state index in [2.05, 4.69) is 5.10 Å². The Labute approximate surface area is 118 Å². The molecule has 1 aromatic carbocycles. The van der Waals surface area contributed by atoms with Gasteiger partial charge in [0.05, 0.1) is 6.54 Å². The first-order chi connectivity index (χ1) is 9.84. The molecule has 1 aromatic heterocycles. The predicted octanol–water partition coefficient (Wildman–Crippen LogP) is 3.05. The molecule has 110 valence electrons. The van der Waals surface area contributed by atoms with E-state index in [-0.39, 0.29) is 6.54 Å². The van der Waals surface area contributed by atoms with E-state index in [1.54, 1.807) is 24.3 Å². The number of hydrogen-bond acceptors (Lipinski definition) is 2. The van der Waals surface area contributed by atoms with E-state index in [9.17, 15) is 18.0 Å². The second kappa shape index (κ2) is 5.82. The third-order valence-corrected chi connectivity index (χ3v) is 2.67. The topological polar surface area (TPSA) is 55.1 Å². The van der Waals surface area contributed by atoms with E-state index in [0.717, 1.165) is 17.7 Å². The van der Waals surface area contributed by atoms with Crippen LogP contribution in [0.25, 0.3) is 6.08 Å². The monoisotopic (exact) mass is 296 g/mol. The largest absolute Gasteiger partial charge is 0.478 e. The summed E-state index contributed by atoms with van der Waals surface area (Å²) in [5.41, 5.74) is 0.528. The van der Waals surface area contributed by atoms with Crippen LogP contribution in [0.2, 0.25) is 0 Å². The molecule has 0 saturated heterocycles. The number of hydrogen-bond donors (Lipinski definition) is 1. The minimum Gasteiger partial charge on any atom is -0.478 e. The van der Waals surface area contributed by atoms with Crippen molar-refractivity contribution in [2.45, 2.75) is 12.7 Å². The van der Waals surface area contributed by atoms with Crippen molar-refractivity contribution in [3.8, 4) is 0 Å². The van der Waals surface area contributed by atoms with Crippen molar-refractivity contribution in [1.82, 2.24) is 9.78 Å². The van der Waals surface area contributed by atoms with Crippen molar-refractivity contribution >= 4 is 12.0 Å². The summed E-state index contributed by atoms with van der Waals surface area (Å²) >= 11 is 0. The molecule has 0 unspecified atom stereocenters. The number of halogens is 3. The van der Waals surface area contributed by atoms with E-state index in [4.69, 9.17) is 5.11 Å². The van der Waals surface area contributed by atoms with Crippen molar-refractivity contribution < 1.29 is 23.1 Å². The Balaban J connectivity index is 2.07. The smallest absolute Gasteiger partial charge is 0.435 e. The average molecular weight is 296 g/mol. The Morgan fingerprint density at radius 2 is 1.90 bits per heavy atom. The van der Waals surface area contributed by atoms with Gasteiger partial charge in [0.25, 0.3) is 0 Å². The van der Waals surface area contributed by atoms with E-state index in [0.29, 0.717) is 5.56 Å². The molecule has 0 aliphatic rings. The first-order valence-electron chi connectivity index (χ1n) is 5.95. The van der Waals surface area contributed by atoms with Crippen molar-refractivity contribution in [2.75, 3.05) is 0 Å². The summed E-state index contributed by atoms with van der Waals surface area (Å²) in [5, 5.41) is 12.0. The van der Waals surface area contributed by atoms with Gasteiger partial charge in [-0.05, 0) is 23.3 Å². The van der Waals surface area contributed by atoms with Crippen molar-refractivity contribution in [3.05, 3.63) is 59.4 Å². The van der Waals surface area contributed by atoms with Gasteiger partial charge in [-0.25, -0.2) is 4.79 Å². The van der Waals surface area contributed by atoms with Gasteiger partial charge in [-0.1, -0.05) is 24.3 Å². The maximum atomic E-state index is 12.4. The molecule has 4 nitrogen and oxygen atoms in total. The van der Waals surface area contributed by atoms with Gasteiger partial charge in [0, 0.05) is 12.3 Å². The standard InChI is InChI=1S/C14H11F3N2O2/c15-14(16,17)12-7-8-19(18-12)9-11-3-1-10(2-4-11)5-6-13(20)21/h1-8H,9H2,(H,20,21). The molecule has 7 heteroatoms. The van der Waals surface area contributed by atoms with Gasteiger partial charge in [-0.15, -0.1) is 0 Å². The molecule has 0 aliphatic carbocycles. The van der Waals surface area contributed by atoms with Crippen LogP contribution >= 0.6 is 0 Å². The number of nitrogens with zero attached hydrogens (tertiary/aromatic N) is 2. The molecule has 2 aromatic rings. The lowest BCUT2D eigenvalue weighted by molar-refractivity contribution is -0.141. The lowest BCUT2D eigenvalue weighted by Crippen LogP contribution is -2.08. The normalized spacial score (nSPS) is 12.0. The molecule has 0 atom stereocenters. The first kappa shape index (κ1) is 14.8. The zero-order valence-electron chi connectivity index (χ0n) is 10.7. The van der Waals surface area contributed by atoms with Gasteiger partial charge in [0.2, 0.25) is 0 Å². The van der Waals surface area contributed by atoms with Crippen LogP contribution < -0.4 is 0 Å². The molecule has 21 heavy (non-hydrogen) atoms. The molecule has 1 N–H and O–H groups in total. The number of aliphatic carboxylic acids is 1. The maximum Gasteiger partial charge on any atom is 0.435 e. The zero-order chi connectivity index (χ0) is 15.5. The van der Waals surface area contributed by atoms with E-state index < -0.39 is 17.8 Å². The Morgan fingerprint density at radius 1 is 1.24 bits per heavy atom.